The smallest absolute Gasteiger partial charge is 0.264 e. The SMILES string of the molecule is Cc1ccc(S(=O)(=O)N(CC(=O)NCc2cccc(CN3CCOCC3)c2)c2ccc(Br)cc2)cc1. The Balaban J connectivity index is 1.46. The highest BCUT2D eigenvalue weighted by Gasteiger charge is 2.27. The van der Waals surface area contributed by atoms with Crippen LogP contribution in [0.2, 0.25) is 0 Å². The standard InChI is InChI=1S/C27H30BrN3O4S/c1-21-5-11-26(12-6-21)36(33,34)31(25-9-7-24(28)8-10-25)20-27(32)29-18-22-3-2-4-23(17-22)19-30-13-15-35-16-14-30/h2-12,17H,13-16,18-20H2,1H3,(H,29,32). The summed E-state index contributed by atoms with van der Waals surface area (Å²) in [7, 11) is -3.94. The second-order valence-corrected chi connectivity index (χ2v) is 11.6. The van der Waals surface area contributed by atoms with Crippen molar-refractivity contribution in [3.8, 4) is 0 Å². The maximum absolute atomic E-state index is 13.5. The van der Waals surface area contributed by atoms with E-state index >= 15 is 0 Å². The summed E-state index contributed by atoms with van der Waals surface area (Å²) in [5.41, 5.74) is 3.51. The Morgan fingerprint density at radius 2 is 1.67 bits per heavy atom. The lowest BCUT2D eigenvalue weighted by atomic mass is 10.1. The molecular weight excluding hydrogens is 542 g/mol. The van der Waals surface area contributed by atoms with Gasteiger partial charge in [-0.15, -0.1) is 0 Å². The summed E-state index contributed by atoms with van der Waals surface area (Å²) in [4.78, 5) is 15.4. The fourth-order valence-corrected chi connectivity index (χ4v) is 5.69. The van der Waals surface area contributed by atoms with Crippen molar-refractivity contribution in [2.75, 3.05) is 37.2 Å². The van der Waals surface area contributed by atoms with E-state index in [2.05, 4.69) is 38.3 Å². The zero-order valence-electron chi connectivity index (χ0n) is 20.2. The Bertz CT molecular complexity index is 1280. The first kappa shape index (κ1) is 26.3. The summed E-state index contributed by atoms with van der Waals surface area (Å²) in [6.07, 6.45) is 0. The quantitative estimate of drug-likeness (QED) is 0.418. The monoisotopic (exact) mass is 571 g/mol. The number of ether oxygens (including phenoxy) is 1. The normalized spacial score (nSPS) is 14.4. The van der Waals surface area contributed by atoms with Crippen LogP contribution in [0.15, 0.2) is 82.2 Å². The van der Waals surface area contributed by atoms with Crippen molar-refractivity contribution in [2.45, 2.75) is 24.9 Å². The van der Waals surface area contributed by atoms with Crippen molar-refractivity contribution in [3.05, 3.63) is 94.0 Å². The fourth-order valence-electron chi connectivity index (χ4n) is 4.00. The molecule has 4 rings (SSSR count). The largest absolute Gasteiger partial charge is 0.379 e. The number of sulfonamides is 1. The van der Waals surface area contributed by atoms with Gasteiger partial charge in [-0.3, -0.25) is 14.0 Å². The molecule has 0 unspecified atom stereocenters. The summed E-state index contributed by atoms with van der Waals surface area (Å²) in [5.74, 6) is -0.382. The van der Waals surface area contributed by atoms with Crippen molar-refractivity contribution in [3.63, 3.8) is 0 Å². The van der Waals surface area contributed by atoms with Gasteiger partial charge in [0.1, 0.15) is 6.54 Å². The van der Waals surface area contributed by atoms with Gasteiger partial charge in [0.15, 0.2) is 0 Å². The number of benzene rings is 3. The van der Waals surface area contributed by atoms with Crippen LogP contribution >= 0.6 is 15.9 Å². The average molecular weight is 573 g/mol. The summed E-state index contributed by atoms with van der Waals surface area (Å²) in [6, 6.07) is 21.6. The Morgan fingerprint density at radius 1 is 1.00 bits per heavy atom. The van der Waals surface area contributed by atoms with Crippen molar-refractivity contribution in [2.24, 2.45) is 0 Å². The van der Waals surface area contributed by atoms with Crippen LogP contribution in [0.5, 0.6) is 0 Å². The number of hydrogen-bond donors (Lipinski definition) is 1. The van der Waals surface area contributed by atoms with Crippen LogP contribution in [0.3, 0.4) is 0 Å². The molecule has 1 heterocycles. The zero-order chi connectivity index (χ0) is 25.5. The lowest BCUT2D eigenvalue weighted by molar-refractivity contribution is -0.119. The van der Waals surface area contributed by atoms with E-state index in [4.69, 9.17) is 4.74 Å². The number of nitrogens with one attached hydrogen (secondary N) is 1. The maximum Gasteiger partial charge on any atom is 0.264 e. The predicted molar refractivity (Wildman–Crippen MR) is 144 cm³/mol. The molecule has 0 atom stereocenters. The second-order valence-electron chi connectivity index (χ2n) is 8.79. The summed E-state index contributed by atoms with van der Waals surface area (Å²) in [6.45, 7) is 6.01. The molecule has 1 aliphatic rings. The van der Waals surface area contributed by atoms with E-state index in [1.807, 2.05) is 19.1 Å². The molecule has 3 aromatic rings. The topological polar surface area (TPSA) is 79.0 Å². The molecule has 7 nitrogen and oxygen atoms in total. The van der Waals surface area contributed by atoms with Crippen molar-refractivity contribution in [1.29, 1.82) is 0 Å². The third kappa shape index (κ3) is 6.94. The molecule has 0 radical (unpaired) electrons. The zero-order valence-corrected chi connectivity index (χ0v) is 22.6. The number of hydrogen-bond acceptors (Lipinski definition) is 5. The Hall–Kier alpha value is -2.72. The number of carbonyl (C=O) groups is 1. The van der Waals surface area contributed by atoms with Crippen LogP contribution in [0.25, 0.3) is 0 Å². The van der Waals surface area contributed by atoms with Gasteiger partial charge >= 0.3 is 0 Å². The molecule has 3 aromatic carbocycles. The number of amides is 1. The minimum Gasteiger partial charge on any atom is -0.379 e. The van der Waals surface area contributed by atoms with E-state index in [1.165, 1.54) is 5.56 Å². The highest BCUT2D eigenvalue weighted by Crippen LogP contribution is 2.25. The van der Waals surface area contributed by atoms with Gasteiger partial charge in [-0.25, -0.2) is 8.42 Å². The first-order valence-corrected chi connectivity index (χ1v) is 14.0. The number of rotatable bonds is 9. The van der Waals surface area contributed by atoms with Gasteiger partial charge in [0.05, 0.1) is 23.8 Å². The van der Waals surface area contributed by atoms with E-state index in [0.717, 1.165) is 52.8 Å². The molecule has 0 aromatic heterocycles. The molecule has 9 heteroatoms. The number of halogens is 1. The van der Waals surface area contributed by atoms with E-state index in [0.29, 0.717) is 12.2 Å². The molecule has 0 aliphatic carbocycles. The molecule has 0 saturated carbocycles. The van der Waals surface area contributed by atoms with Crippen molar-refractivity contribution < 1.29 is 17.9 Å². The van der Waals surface area contributed by atoms with Gasteiger partial charge < -0.3 is 10.1 Å². The van der Waals surface area contributed by atoms with Crippen molar-refractivity contribution >= 4 is 37.5 Å². The van der Waals surface area contributed by atoms with Crippen LogP contribution in [0.4, 0.5) is 5.69 Å². The molecule has 1 aliphatic heterocycles. The van der Waals surface area contributed by atoms with Crippen LogP contribution in [-0.4, -0.2) is 52.1 Å². The maximum atomic E-state index is 13.5. The minimum absolute atomic E-state index is 0.139. The Labute approximate surface area is 221 Å². The Morgan fingerprint density at radius 3 is 2.36 bits per heavy atom. The molecule has 1 saturated heterocycles. The summed E-state index contributed by atoms with van der Waals surface area (Å²) >= 11 is 3.38. The molecule has 0 bridgehead atoms. The van der Waals surface area contributed by atoms with Crippen LogP contribution in [-0.2, 0) is 32.6 Å². The van der Waals surface area contributed by atoms with Gasteiger partial charge in [0.25, 0.3) is 10.0 Å². The second kappa shape index (κ2) is 12.0. The van der Waals surface area contributed by atoms with Gasteiger partial charge in [0, 0.05) is 30.7 Å². The minimum atomic E-state index is -3.94. The third-order valence-electron chi connectivity index (χ3n) is 6.00. The van der Waals surface area contributed by atoms with Crippen LogP contribution < -0.4 is 9.62 Å². The van der Waals surface area contributed by atoms with Crippen LogP contribution in [0, 0.1) is 6.92 Å². The lowest BCUT2D eigenvalue weighted by Crippen LogP contribution is -2.40. The number of morpholine rings is 1. The van der Waals surface area contributed by atoms with Gasteiger partial charge in [-0.2, -0.15) is 0 Å². The number of carbonyl (C=O) groups excluding carboxylic acids is 1. The summed E-state index contributed by atoms with van der Waals surface area (Å²) in [5, 5.41) is 2.89. The number of nitrogens with zero attached hydrogens (tertiary/aromatic N) is 2. The first-order chi connectivity index (χ1) is 17.3. The number of aryl methyl sites for hydroxylation is 1. The molecule has 36 heavy (non-hydrogen) atoms. The highest BCUT2D eigenvalue weighted by molar-refractivity contribution is 9.10. The molecule has 0 spiro atoms. The van der Waals surface area contributed by atoms with Gasteiger partial charge in [0.2, 0.25) is 5.91 Å². The van der Waals surface area contributed by atoms with E-state index in [9.17, 15) is 13.2 Å². The molecule has 1 fully saturated rings. The van der Waals surface area contributed by atoms with Crippen molar-refractivity contribution in [1.82, 2.24) is 10.2 Å². The molecule has 190 valence electrons. The molecule has 1 N–H and O–H groups in total. The van der Waals surface area contributed by atoms with E-state index in [1.54, 1.807) is 48.5 Å². The Kier molecular flexibility index (Phi) is 8.79. The summed E-state index contributed by atoms with van der Waals surface area (Å²) < 4.78 is 34.4. The first-order valence-electron chi connectivity index (χ1n) is 11.8. The number of anilines is 1. The van der Waals surface area contributed by atoms with Gasteiger partial charge in [-0.1, -0.05) is 57.9 Å². The molecular formula is C27H30BrN3O4S. The lowest BCUT2D eigenvalue weighted by Gasteiger charge is -2.26. The highest BCUT2D eigenvalue weighted by atomic mass is 79.9. The van der Waals surface area contributed by atoms with E-state index < -0.39 is 10.0 Å². The average Bonchev–Trinajstić information content (AvgIpc) is 2.88. The third-order valence-corrected chi connectivity index (χ3v) is 8.32. The fraction of sp³-hybridized carbons (Fsp3) is 0.296. The molecule has 1 amide bonds. The van der Waals surface area contributed by atoms with E-state index in [-0.39, 0.29) is 17.3 Å². The predicted octanol–water partition coefficient (Wildman–Crippen LogP) is 4.10. The van der Waals surface area contributed by atoms with Gasteiger partial charge in [-0.05, 0) is 54.4 Å². The van der Waals surface area contributed by atoms with Crippen LogP contribution in [0.1, 0.15) is 16.7 Å².